The van der Waals surface area contributed by atoms with Crippen LogP contribution in [-0.4, -0.2) is 30.7 Å². The summed E-state index contributed by atoms with van der Waals surface area (Å²) in [6, 6.07) is 0. The molecule has 0 amide bonds. The molecule has 14 heavy (non-hydrogen) atoms. The molecule has 1 aliphatic heterocycles. The lowest BCUT2D eigenvalue weighted by molar-refractivity contribution is -0.138. The maximum atomic E-state index is 11.9. The topological polar surface area (TPSA) is 3.24 Å². The Kier molecular flexibility index (Phi) is 4.23. The molecule has 0 unspecified atom stereocenters. The van der Waals surface area contributed by atoms with Crippen LogP contribution in [0.1, 0.15) is 25.7 Å². The first-order valence-electron chi connectivity index (χ1n) is 5.09. The third-order valence-electron chi connectivity index (χ3n) is 2.83. The van der Waals surface area contributed by atoms with Gasteiger partial charge in [0.05, 0.1) is 6.42 Å². The number of nitrogens with zero attached hydrogens (tertiary/aromatic N) is 1. The summed E-state index contributed by atoms with van der Waals surface area (Å²) < 4.78 is 35.8. The molecule has 1 radical (unpaired) electrons. The van der Waals surface area contributed by atoms with E-state index in [1.54, 1.807) is 0 Å². The van der Waals surface area contributed by atoms with Gasteiger partial charge in [-0.05, 0) is 31.8 Å². The number of halogens is 3. The van der Waals surface area contributed by atoms with Crippen molar-refractivity contribution < 1.29 is 13.2 Å². The van der Waals surface area contributed by atoms with Crippen LogP contribution in [0.5, 0.6) is 0 Å². The second-order valence-corrected chi connectivity index (χ2v) is 3.94. The maximum Gasteiger partial charge on any atom is 0.390 e. The minimum absolute atomic E-state index is 0.160. The molecule has 0 aliphatic carbocycles. The van der Waals surface area contributed by atoms with Crippen LogP contribution >= 0.6 is 0 Å². The Morgan fingerprint density at radius 3 is 2.21 bits per heavy atom. The minimum Gasteiger partial charge on any atom is -0.303 e. The Labute approximate surface area is 83.3 Å². The minimum atomic E-state index is -4.01. The summed E-state index contributed by atoms with van der Waals surface area (Å²) in [5, 5.41) is 0. The number of alkyl halides is 3. The maximum absolute atomic E-state index is 11.9. The van der Waals surface area contributed by atoms with E-state index >= 15 is 0 Å². The van der Waals surface area contributed by atoms with E-state index in [0.717, 1.165) is 32.4 Å². The molecule has 0 N–H and O–H groups in total. The zero-order valence-electron chi connectivity index (χ0n) is 8.32. The molecule has 1 saturated heterocycles. The van der Waals surface area contributed by atoms with E-state index in [4.69, 9.17) is 0 Å². The zero-order valence-corrected chi connectivity index (χ0v) is 8.32. The Hall–Kier alpha value is -0.250. The first-order valence-corrected chi connectivity index (χ1v) is 5.09. The van der Waals surface area contributed by atoms with Gasteiger partial charge in [-0.3, -0.25) is 0 Å². The fourth-order valence-corrected chi connectivity index (χ4v) is 1.78. The Morgan fingerprint density at radius 1 is 1.21 bits per heavy atom. The highest BCUT2D eigenvalue weighted by atomic mass is 19.4. The monoisotopic (exact) mass is 208 g/mol. The van der Waals surface area contributed by atoms with Crippen molar-refractivity contribution in [1.82, 2.24) is 4.90 Å². The number of likely N-dealkylation sites (tertiary alicyclic amines) is 1. The summed E-state index contributed by atoms with van der Waals surface area (Å²) in [6.07, 6.45) is -1.78. The molecule has 0 atom stereocenters. The van der Waals surface area contributed by atoms with Crippen LogP contribution in [0, 0.1) is 12.8 Å². The number of hydrogen-bond acceptors (Lipinski definition) is 1. The normalized spacial score (nSPS) is 21.4. The molecule has 1 rings (SSSR count). The predicted molar refractivity (Wildman–Crippen MR) is 49.8 cm³/mol. The van der Waals surface area contributed by atoms with E-state index < -0.39 is 12.6 Å². The summed E-state index contributed by atoms with van der Waals surface area (Å²) in [6.45, 7) is 5.58. The zero-order chi connectivity index (χ0) is 10.6. The molecule has 1 fully saturated rings. The Balaban J connectivity index is 2.16. The molecule has 83 valence electrons. The molecule has 4 heteroatoms. The van der Waals surface area contributed by atoms with Gasteiger partial charge in [-0.1, -0.05) is 13.3 Å². The molecule has 0 bridgehead atoms. The fourth-order valence-electron chi connectivity index (χ4n) is 1.78. The van der Waals surface area contributed by atoms with Gasteiger partial charge in [-0.2, -0.15) is 13.2 Å². The van der Waals surface area contributed by atoms with Crippen molar-refractivity contribution in [3.05, 3.63) is 6.92 Å². The summed E-state index contributed by atoms with van der Waals surface area (Å²) in [5.41, 5.74) is 0. The van der Waals surface area contributed by atoms with E-state index in [0.29, 0.717) is 5.92 Å². The molecule has 0 spiro atoms. The smallest absolute Gasteiger partial charge is 0.303 e. The molecule has 0 aromatic carbocycles. The SMILES string of the molecule is [CH2]CC1CCN(CCC(F)(F)F)CC1. The third kappa shape index (κ3) is 4.31. The predicted octanol–water partition coefficient (Wildman–Crippen LogP) is 2.87. The van der Waals surface area contributed by atoms with Gasteiger partial charge in [-0.15, -0.1) is 0 Å². The van der Waals surface area contributed by atoms with E-state index in [9.17, 15) is 13.2 Å². The molecular formula is C10H17F3N. The first-order chi connectivity index (χ1) is 6.51. The van der Waals surface area contributed by atoms with Crippen LogP contribution in [-0.2, 0) is 0 Å². The summed E-state index contributed by atoms with van der Waals surface area (Å²) in [5.74, 6) is 0.622. The van der Waals surface area contributed by atoms with Gasteiger partial charge in [0.1, 0.15) is 0 Å². The van der Waals surface area contributed by atoms with Crippen molar-refractivity contribution in [2.75, 3.05) is 19.6 Å². The average molecular weight is 208 g/mol. The van der Waals surface area contributed by atoms with E-state index in [2.05, 4.69) is 6.92 Å². The first kappa shape index (κ1) is 11.8. The van der Waals surface area contributed by atoms with Crippen LogP contribution in [0.15, 0.2) is 0 Å². The van der Waals surface area contributed by atoms with E-state index in [-0.39, 0.29) is 6.54 Å². The van der Waals surface area contributed by atoms with Gasteiger partial charge >= 0.3 is 6.18 Å². The molecule has 0 saturated carbocycles. The van der Waals surface area contributed by atoms with Crippen LogP contribution < -0.4 is 0 Å². The second-order valence-electron chi connectivity index (χ2n) is 3.94. The fraction of sp³-hybridized carbons (Fsp3) is 0.900. The van der Waals surface area contributed by atoms with Crippen LogP contribution in [0.2, 0.25) is 0 Å². The molecule has 1 heterocycles. The molecule has 1 aliphatic rings. The van der Waals surface area contributed by atoms with Crippen molar-refractivity contribution in [1.29, 1.82) is 0 Å². The molecule has 1 nitrogen and oxygen atoms in total. The van der Waals surface area contributed by atoms with Gasteiger partial charge in [0.2, 0.25) is 0 Å². The average Bonchev–Trinajstić information content (AvgIpc) is 2.14. The lowest BCUT2D eigenvalue weighted by Crippen LogP contribution is -2.35. The van der Waals surface area contributed by atoms with Crippen molar-refractivity contribution in [2.45, 2.75) is 31.9 Å². The molecular weight excluding hydrogens is 191 g/mol. The third-order valence-corrected chi connectivity index (χ3v) is 2.83. The lowest BCUT2D eigenvalue weighted by atomic mass is 9.94. The van der Waals surface area contributed by atoms with Crippen molar-refractivity contribution in [3.63, 3.8) is 0 Å². The van der Waals surface area contributed by atoms with Gasteiger partial charge in [0.15, 0.2) is 0 Å². The van der Waals surface area contributed by atoms with E-state index in [1.165, 1.54) is 0 Å². The largest absolute Gasteiger partial charge is 0.390 e. The van der Waals surface area contributed by atoms with Gasteiger partial charge < -0.3 is 4.90 Å². The van der Waals surface area contributed by atoms with Gasteiger partial charge in [0.25, 0.3) is 0 Å². The summed E-state index contributed by atoms with van der Waals surface area (Å²) in [7, 11) is 0. The number of rotatable bonds is 3. The molecule has 0 aromatic rings. The highest BCUT2D eigenvalue weighted by molar-refractivity contribution is 4.73. The quantitative estimate of drug-likeness (QED) is 0.689. The van der Waals surface area contributed by atoms with Crippen molar-refractivity contribution in [3.8, 4) is 0 Å². The van der Waals surface area contributed by atoms with Crippen LogP contribution in [0.4, 0.5) is 13.2 Å². The van der Waals surface area contributed by atoms with E-state index in [1.807, 2.05) is 4.90 Å². The Bertz CT molecular complexity index is 159. The van der Waals surface area contributed by atoms with Crippen LogP contribution in [0.25, 0.3) is 0 Å². The highest BCUT2D eigenvalue weighted by Crippen LogP contribution is 2.23. The summed E-state index contributed by atoms with van der Waals surface area (Å²) in [4.78, 5) is 1.90. The standard InChI is InChI=1S/C10H17F3N/c1-2-9-3-6-14(7-4-9)8-5-10(11,12)13/h9H,1-8H2. The van der Waals surface area contributed by atoms with Crippen molar-refractivity contribution >= 4 is 0 Å². The number of piperidine rings is 1. The molecule has 0 aromatic heterocycles. The van der Waals surface area contributed by atoms with Gasteiger partial charge in [0, 0.05) is 6.54 Å². The van der Waals surface area contributed by atoms with Crippen molar-refractivity contribution in [2.24, 2.45) is 5.92 Å². The second kappa shape index (κ2) is 5.01. The highest BCUT2D eigenvalue weighted by Gasteiger charge is 2.28. The van der Waals surface area contributed by atoms with Crippen LogP contribution in [0.3, 0.4) is 0 Å². The summed E-state index contributed by atoms with van der Waals surface area (Å²) >= 11 is 0. The lowest BCUT2D eigenvalue weighted by Gasteiger charge is -2.31. The number of hydrogen-bond donors (Lipinski definition) is 0. The van der Waals surface area contributed by atoms with Gasteiger partial charge in [-0.25, -0.2) is 0 Å². The Morgan fingerprint density at radius 2 is 1.79 bits per heavy atom.